The first-order valence-corrected chi connectivity index (χ1v) is 11.4. The van der Waals surface area contributed by atoms with Gasteiger partial charge in [-0.1, -0.05) is 6.92 Å². The Morgan fingerprint density at radius 1 is 1.26 bits per heavy atom. The van der Waals surface area contributed by atoms with Gasteiger partial charge in [-0.15, -0.1) is 0 Å². The van der Waals surface area contributed by atoms with Crippen LogP contribution in [0, 0.1) is 34.8 Å². The van der Waals surface area contributed by atoms with E-state index in [4.69, 9.17) is 10.00 Å². The summed E-state index contributed by atoms with van der Waals surface area (Å²) in [6.07, 6.45) is 0.794. The van der Waals surface area contributed by atoms with Gasteiger partial charge in [0.1, 0.15) is 11.8 Å². The largest absolute Gasteiger partial charge is 0.490 e. The van der Waals surface area contributed by atoms with E-state index in [0.29, 0.717) is 11.5 Å². The molecule has 0 N–H and O–H groups in total. The molecular formula is C22H22F4N2O2S. The van der Waals surface area contributed by atoms with Crippen LogP contribution in [0.25, 0.3) is 11.3 Å². The van der Waals surface area contributed by atoms with Gasteiger partial charge in [0.15, 0.2) is 17.4 Å². The Hall–Kier alpha value is -2.47. The summed E-state index contributed by atoms with van der Waals surface area (Å²) in [5.74, 6) is -4.44. The molecule has 1 aliphatic carbocycles. The molecule has 0 aliphatic heterocycles. The van der Waals surface area contributed by atoms with Crippen LogP contribution in [-0.4, -0.2) is 33.2 Å². The monoisotopic (exact) mass is 454 g/mol. The topological polar surface area (TPSA) is 63.0 Å². The zero-order valence-corrected chi connectivity index (χ0v) is 17.7. The third-order valence-corrected chi connectivity index (χ3v) is 6.90. The minimum atomic E-state index is -2.82. The fourth-order valence-corrected chi connectivity index (χ4v) is 4.88. The van der Waals surface area contributed by atoms with Crippen molar-refractivity contribution in [3.8, 4) is 23.1 Å². The van der Waals surface area contributed by atoms with Crippen LogP contribution in [0.4, 0.5) is 17.6 Å². The van der Waals surface area contributed by atoms with Crippen LogP contribution in [0.5, 0.6) is 5.75 Å². The number of ether oxygens (including phenoxy) is 1. The summed E-state index contributed by atoms with van der Waals surface area (Å²) in [5.41, 5.74) is 0.0928. The first-order valence-electron chi connectivity index (χ1n) is 9.93. The molecule has 0 bridgehead atoms. The molecule has 3 atom stereocenters. The van der Waals surface area contributed by atoms with E-state index < -0.39 is 40.7 Å². The maximum atomic E-state index is 14.6. The smallest absolute Gasteiger partial charge is 0.248 e. The summed E-state index contributed by atoms with van der Waals surface area (Å²) in [5, 5.41) is 8.79. The van der Waals surface area contributed by atoms with Crippen molar-refractivity contribution in [1.29, 1.82) is 5.26 Å². The van der Waals surface area contributed by atoms with Gasteiger partial charge in [0.05, 0.1) is 12.2 Å². The van der Waals surface area contributed by atoms with E-state index >= 15 is 0 Å². The van der Waals surface area contributed by atoms with E-state index in [1.54, 1.807) is 13.0 Å². The molecule has 1 aromatic heterocycles. The zero-order valence-electron chi connectivity index (χ0n) is 16.9. The molecule has 166 valence electrons. The molecule has 0 amide bonds. The van der Waals surface area contributed by atoms with Crippen LogP contribution in [-0.2, 0) is 10.8 Å². The lowest BCUT2D eigenvalue weighted by molar-refractivity contribution is -0.0735. The van der Waals surface area contributed by atoms with Crippen molar-refractivity contribution in [3.05, 3.63) is 47.7 Å². The minimum Gasteiger partial charge on any atom is -0.490 e. The number of halogens is 4. The van der Waals surface area contributed by atoms with Gasteiger partial charge < -0.3 is 4.74 Å². The van der Waals surface area contributed by atoms with Gasteiger partial charge in [-0.3, -0.25) is 9.19 Å². The van der Waals surface area contributed by atoms with E-state index in [0.717, 1.165) is 12.1 Å². The molecular weight excluding hydrogens is 432 g/mol. The molecule has 3 unspecified atom stereocenters. The van der Waals surface area contributed by atoms with Crippen molar-refractivity contribution >= 4 is 10.8 Å². The summed E-state index contributed by atoms with van der Waals surface area (Å²) < 4.78 is 74.0. The molecule has 1 saturated carbocycles. The first-order chi connectivity index (χ1) is 14.7. The number of pyridine rings is 1. The van der Waals surface area contributed by atoms with Crippen molar-refractivity contribution in [2.75, 3.05) is 18.1 Å². The van der Waals surface area contributed by atoms with Crippen LogP contribution in [0.2, 0.25) is 0 Å². The van der Waals surface area contributed by atoms with Crippen LogP contribution in [0.15, 0.2) is 30.5 Å². The van der Waals surface area contributed by atoms with Crippen LogP contribution in [0.3, 0.4) is 0 Å². The van der Waals surface area contributed by atoms with Crippen molar-refractivity contribution in [1.82, 2.24) is 4.98 Å². The summed E-state index contributed by atoms with van der Waals surface area (Å²) in [6, 6.07) is 6.53. The molecule has 4 nitrogen and oxygen atoms in total. The van der Waals surface area contributed by atoms with Crippen molar-refractivity contribution in [2.24, 2.45) is 11.8 Å². The standard InChI is InChI=1S/C22H22F4N2O2S/c1-2-31(29)13-16-5-6-22(25,26)9-17(16)12-30-20-4-3-15(8-18(20)23)21-19(24)7-14(10-27)11-28-21/h3-4,7-8,11,16-17H,2,5-6,9,12-13H2,1H3. The molecule has 0 radical (unpaired) electrons. The van der Waals surface area contributed by atoms with E-state index in [-0.39, 0.29) is 47.9 Å². The maximum Gasteiger partial charge on any atom is 0.248 e. The first kappa shape index (κ1) is 23.2. The molecule has 1 aromatic carbocycles. The summed E-state index contributed by atoms with van der Waals surface area (Å²) in [4.78, 5) is 3.85. The Morgan fingerprint density at radius 2 is 2.03 bits per heavy atom. The molecule has 2 aromatic rings. The van der Waals surface area contributed by atoms with Gasteiger partial charge in [0.25, 0.3) is 0 Å². The van der Waals surface area contributed by atoms with E-state index in [1.807, 2.05) is 0 Å². The number of aromatic nitrogens is 1. The van der Waals surface area contributed by atoms with Crippen molar-refractivity contribution in [3.63, 3.8) is 0 Å². The van der Waals surface area contributed by atoms with Gasteiger partial charge in [-0.2, -0.15) is 5.26 Å². The average molecular weight is 454 g/mol. The van der Waals surface area contributed by atoms with E-state index in [2.05, 4.69) is 4.98 Å². The molecule has 1 fully saturated rings. The van der Waals surface area contributed by atoms with Gasteiger partial charge >= 0.3 is 0 Å². The Bertz CT molecular complexity index is 1010. The Morgan fingerprint density at radius 3 is 2.68 bits per heavy atom. The third-order valence-electron chi connectivity index (χ3n) is 5.46. The Balaban J connectivity index is 1.73. The second-order valence-corrected chi connectivity index (χ2v) is 9.43. The van der Waals surface area contributed by atoms with Gasteiger partial charge in [0, 0.05) is 52.8 Å². The number of rotatable bonds is 7. The molecule has 9 heteroatoms. The van der Waals surface area contributed by atoms with Crippen LogP contribution >= 0.6 is 0 Å². The quantitative estimate of drug-likeness (QED) is 0.547. The number of nitriles is 1. The molecule has 3 rings (SSSR count). The minimum absolute atomic E-state index is 0.0458. The average Bonchev–Trinajstić information content (AvgIpc) is 2.74. The molecule has 31 heavy (non-hydrogen) atoms. The van der Waals surface area contributed by atoms with Gasteiger partial charge in [-0.05, 0) is 36.6 Å². The normalized spacial score (nSPS) is 21.3. The molecule has 1 aliphatic rings. The number of benzene rings is 1. The highest BCUT2D eigenvalue weighted by Crippen LogP contribution is 2.41. The lowest BCUT2D eigenvalue weighted by Crippen LogP contribution is -2.38. The highest BCUT2D eigenvalue weighted by Gasteiger charge is 2.42. The van der Waals surface area contributed by atoms with Crippen molar-refractivity contribution < 1.29 is 26.5 Å². The molecule has 1 heterocycles. The maximum absolute atomic E-state index is 14.6. The number of hydrogen-bond donors (Lipinski definition) is 0. The Labute approximate surface area is 180 Å². The summed E-state index contributed by atoms with van der Waals surface area (Å²) in [7, 11) is -1.09. The second-order valence-electron chi connectivity index (χ2n) is 7.64. The predicted molar refractivity (Wildman–Crippen MR) is 109 cm³/mol. The van der Waals surface area contributed by atoms with E-state index in [9.17, 15) is 21.8 Å². The zero-order chi connectivity index (χ0) is 22.6. The number of alkyl halides is 2. The summed E-state index contributed by atoms with van der Waals surface area (Å²) in [6.45, 7) is 1.66. The number of nitrogens with zero attached hydrogens (tertiary/aromatic N) is 2. The predicted octanol–water partition coefficient (Wildman–Crippen LogP) is 5.10. The second kappa shape index (κ2) is 9.77. The van der Waals surface area contributed by atoms with Gasteiger partial charge in [-0.25, -0.2) is 17.6 Å². The Kier molecular flexibility index (Phi) is 7.31. The van der Waals surface area contributed by atoms with Gasteiger partial charge in [0.2, 0.25) is 5.92 Å². The SMILES string of the molecule is CCS(=O)CC1CCC(F)(F)CC1COc1ccc(-c2ncc(C#N)cc2F)cc1F. The fraction of sp³-hybridized carbons (Fsp3) is 0.455. The highest BCUT2D eigenvalue weighted by atomic mass is 32.2. The van der Waals surface area contributed by atoms with E-state index in [1.165, 1.54) is 18.3 Å². The van der Waals surface area contributed by atoms with Crippen LogP contribution < -0.4 is 4.74 Å². The highest BCUT2D eigenvalue weighted by molar-refractivity contribution is 7.84. The third kappa shape index (κ3) is 5.82. The lowest BCUT2D eigenvalue weighted by Gasteiger charge is -2.35. The lowest BCUT2D eigenvalue weighted by atomic mass is 9.79. The van der Waals surface area contributed by atoms with Crippen molar-refractivity contribution in [2.45, 2.75) is 32.1 Å². The molecule has 0 saturated heterocycles. The summed E-state index contributed by atoms with van der Waals surface area (Å²) >= 11 is 0. The van der Waals surface area contributed by atoms with Crippen LogP contribution in [0.1, 0.15) is 31.7 Å². The molecule has 0 spiro atoms. The number of hydrogen-bond acceptors (Lipinski definition) is 4. The fourth-order valence-electron chi connectivity index (χ4n) is 3.73.